The summed E-state index contributed by atoms with van der Waals surface area (Å²) in [6.07, 6.45) is 0. The van der Waals surface area contributed by atoms with Gasteiger partial charge in [0.25, 0.3) is 22.7 Å². The topological polar surface area (TPSA) is 567 Å². The Hall–Kier alpha value is -11.1. The van der Waals surface area contributed by atoms with Crippen molar-refractivity contribution in [2.24, 2.45) is 20.5 Å². The molecule has 0 aromatic heterocycles. The number of azo groups is 2. The lowest BCUT2D eigenvalue weighted by atomic mass is 10.2. The molecule has 0 unspecified atom stereocenters. The first-order chi connectivity index (χ1) is 29.7. The van der Waals surface area contributed by atoms with Crippen LogP contribution < -0.4 is 0 Å². The Morgan fingerprint density at radius 3 is 0.406 bits per heavy atom. The fourth-order valence-corrected chi connectivity index (χ4v) is 4.50. The van der Waals surface area contributed by atoms with Crippen LogP contribution in [-0.4, -0.2) is 59.1 Å². The fourth-order valence-electron chi connectivity index (χ4n) is 4.50. The van der Waals surface area contributed by atoms with E-state index in [4.69, 9.17) is 0 Å². The maximum Gasteiger partial charge on any atom is 0.310 e. The lowest BCUT2D eigenvalue weighted by Crippen LogP contribution is -1.98. The molecule has 0 saturated carbocycles. The van der Waals surface area contributed by atoms with Crippen LogP contribution in [0, 0.1) is 121 Å². The molecule has 0 aliphatic heterocycles. The summed E-state index contributed by atoms with van der Waals surface area (Å²) in [6.45, 7) is 0. The van der Waals surface area contributed by atoms with E-state index in [0.29, 0.717) is 48.5 Å². The highest BCUT2D eigenvalue weighted by Gasteiger charge is 2.36. The predicted octanol–water partition coefficient (Wildman–Crippen LogP) is 7.10. The van der Waals surface area contributed by atoms with E-state index in [9.17, 15) is 121 Å². The summed E-state index contributed by atoms with van der Waals surface area (Å²) >= 11 is 0. The summed E-state index contributed by atoms with van der Waals surface area (Å²) < 4.78 is 0. The SMILES string of the molecule is O=[N+]([O-])c1cc([N+](=O)[O-])c(N=Nc2c([N+](=O)[O-])cc([N+](=O)[O-])cc2[N+](=O)[O-])c([N+](=O)[O-])c1.O=[N+]([O-])c1cc([N+](=O)[O-])c(N=Nc2c([N+](=O)[O-])cc([N+](=O)[O-])cc2[N+](=O)[O-])c([N+](=O)[O-])c1. The van der Waals surface area contributed by atoms with Gasteiger partial charge in [0.2, 0.25) is 22.7 Å². The van der Waals surface area contributed by atoms with Crippen LogP contribution in [0.5, 0.6) is 0 Å². The average Bonchev–Trinajstić information content (AvgIpc) is 3.20. The number of non-ortho nitro benzene ring substituents is 4. The molecule has 4 rings (SSSR count). The molecule has 0 saturated heterocycles. The van der Waals surface area contributed by atoms with E-state index in [0.717, 1.165) is 0 Å². The molecule has 328 valence electrons. The van der Waals surface area contributed by atoms with Crippen LogP contribution in [0.4, 0.5) is 91.0 Å². The van der Waals surface area contributed by atoms with Crippen molar-refractivity contribution >= 4 is 91.0 Å². The molecule has 64 heavy (non-hydrogen) atoms. The summed E-state index contributed by atoms with van der Waals surface area (Å²) in [4.78, 5) is 118. The first-order valence-corrected chi connectivity index (χ1v) is 15.0. The molecule has 0 spiro atoms. The second-order valence-corrected chi connectivity index (χ2v) is 10.8. The van der Waals surface area contributed by atoms with Gasteiger partial charge in [0, 0.05) is 0 Å². The number of hydrogen-bond donors (Lipinski definition) is 0. The number of nitrogens with zero attached hydrogens (tertiary/aromatic N) is 16. The molecule has 0 radical (unpaired) electrons. The van der Waals surface area contributed by atoms with Crippen LogP contribution in [0.2, 0.25) is 0 Å². The van der Waals surface area contributed by atoms with E-state index in [1.54, 1.807) is 0 Å². The maximum absolute atomic E-state index is 11.2. The van der Waals surface area contributed by atoms with E-state index in [1.807, 2.05) is 0 Å². The van der Waals surface area contributed by atoms with E-state index in [2.05, 4.69) is 20.5 Å². The lowest BCUT2D eigenvalue weighted by molar-refractivity contribution is -0.402. The summed E-state index contributed by atoms with van der Waals surface area (Å²) in [7, 11) is 0. The Bertz CT molecular complexity index is 2370. The van der Waals surface area contributed by atoms with Crippen molar-refractivity contribution in [3.05, 3.63) is 170 Å². The second-order valence-electron chi connectivity index (χ2n) is 10.8. The molecule has 4 aromatic rings. The summed E-state index contributed by atoms with van der Waals surface area (Å²) in [5.74, 6) is 0. The third-order valence-corrected chi connectivity index (χ3v) is 7.13. The number of benzene rings is 4. The van der Waals surface area contributed by atoms with Crippen LogP contribution >= 0.6 is 0 Å². The molecule has 40 heteroatoms. The minimum atomic E-state index is -1.30. The normalized spacial score (nSPS) is 10.6. The molecular weight excluding hydrogens is 896 g/mol. The van der Waals surface area contributed by atoms with Gasteiger partial charge in [-0.3, -0.25) is 121 Å². The van der Waals surface area contributed by atoms with Crippen molar-refractivity contribution in [1.29, 1.82) is 0 Å². The van der Waals surface area contributed by atoms with Gasteiger partial charge in [0.05, 0.1) is 108 Å². The summed E-state index contributed by atoms with van der Waals surface area (Å²) in [5.41, 5.74) is -19.5. The second kappa shape index (κ2) is 18.6. The molecule has 0 heterocycles. The van der Waals surface area contributed by atoms with Crippen LogP contribution in [0.1, 0.15) is 0 Å². The molecule has 0 aliphatic carbocycles. The number of nitro benzene ring substituents is 12. The van der Waals surface area contributed by atoms with Gasteiger partial charge in [-0.05, 0) is 0 Å². The first kappa shape index (κ1) is 47.3. The minimum Gasteiger partial charge on any atom is -0.258 e. The third-order valence-electron chi connectivity index (χ3n) is 7.13. The minimum absolute atomic E-state index is 0.292. The van der Waals surface area contributed by atoms with E-state index in [-0.39, 0.29) is 0 Å². The van der Waals surface area contributed by atoms with Crippen molar-refractivity contribution in [2.45, 2.75) is 0 Å². The van der Waals surface area contributed by atoms with Crippen molar-refractivity contribution in [3.63, 3.8) is 0 Å². The Morgan fingerprint density at radius 1 is 0.219 bits per heavy atom. The highest BCUT2D eigenvalue weighted by Crippen LogP contribution is 2.47. The zero-order chi connectivity index (χ0) is 48.7. The molecule has 0 fully saturated rings. The number of hydrogen-bond acceptors (Lipinski definition) is 28. The standard InChI is InChI=1S/2C12H4N8O12/c2*21-15(22)5-1-7(17(25)26)11(8(2-5)18(27)28)13-14-12-9(19(29)30)3-6(16(23)24)4-10(12)20(31)32/h2*1-4H. The Kier molecular flexibility index (Phi) is 13.8. The quantitative estimate of drug-likeness (QED) is 0.0614. The fraction of sp³-hybridized carbons (Fsp3) is 0. The molecule has 0 aliphatic rings. The van der Waals surface area contributed by atoms with E-state index < -0.39 is 150 Å². The molecular formula is C24H8N16O24. The van der Waals surface area contributed by atoms with Crippen molar-refractivity contribution in [3.8, 4) is 0 Å². The smallest absolute Gasteiger partial charge is 0.258 e. The van der Waals surface area contributed by atoms with Crippen LogP contribution in [-0.2, 0) is 0 Å². The van der Waals surface area contributed by atoms with Gasteiger partial charge in [0.15, 0.2) is 0 Å². The zero-order valence-corrected chi connectivity index (χ0v) is 29.6. The zero-order valence-electron chi connectivity index (χ0n) is 29.6. The van der Waals surface area contributed by atoms with Crippen molar-refractivity contribution < 1.29 is 59.1 Å². The van der Waals surface area contributed by atoms with E-state index in [1.165, 1.54) is 0 Å². The molecule has 0 atom stereocenters. The summed E-state index contributed by atoms with van der Waals surface area (Å²) in [6, 6.07) is 2.33. The molecule has 0 N–H and O–H groups in total. The Morgan fingerprint density at radius 2 is 0.328 bits per heavy atom. The van der Waals surface area contributed by atoms with Crippen molar-refractivity contribution in [1.82, 2.24) is 0 Å². The lowest BCUT2D eigenvalue weighted by Gasteiger charge is -2.01. The van der Waals surface area contributed by atoms with Crippen LogP contribution in [0.3, 0.4) is 0 Å². The van der Waals surface area contributed by atoms with Gasteiger partial charge in [-0.15, -0.1) is 20.5 Å². The van der Waals surface area contributed by atoms with Gasteiger partial charge in [-0.1, -0.05) is 0 Å². The van der Waals surface area contributed by atoms with Gasteiger partial charge in [0.1, 0.15) is 0 Å². The monoisotopic (exact) mass is 904 g/mol. The number of nitro groups is 12. The molecule has 0 bridgehead atoms. The van der Waals surface area contributed by atoms with Gasteiger partial charge < -0.3 is 0 Å². The maximum atomic E-state index is 11.2. The first-order valence-electron chi connectivity index (χ1n) is 15.0. The van der Waals surface area contributed by atoms with Gasteiger partial charge in [-0.2, -0.15) is 0 Å². The number of rotatable bonds is 16. The highest BCUT2D eigenvalue weighted by atomic mass is 16.7. The third kappa shape index (κ3) is 10.3. The van der Waals surface area contributed by atoms with Crippen molar-refractivity contribution in [2.75, 3.05) is 0 Å². The van der Waals surface area contributed by atoms with Crippen LogP contribution in [0.15, 0.2) is 69.0 Å². The van der Waals surface area contributed by atoms with E-state index >= 15 is 0 Å². The Balaban J connectivity index is 0.000000340. The largest absolute Gasteiger partial charge is 0.310 e. The summed E-state index contributed by atoms with van der Waals surface area (Å²) in [5, 5.41) is 146. The van der Waals surface area contributed by atoms with Crippen LogP contribution in [0.25, 0.3) is 0 Å². The highest BCUT2D eigenvalue weighted by molar-refractivity contribution is 5.78. The molecule has 40 nitrogen and oxygen atoms in total. The molecule has 4 aromatic carbocycles. The van der Waals surface area contributed by atoms with Gasteiger partial charge in [-0.25, -0.2) is 0 Å². The molecule has 0 amide bonds. The van der Waals surface area contributed by atoms with Gasteiger partial charge >= 0.3 is 45.5 Å². The average molecular weight is 904 g/mol. The Labute approximate surface area is 340 Å². The predicted molar refractivity (Wildman–Crippen MR) is 194 cm³/mol.